The molecular formula is C7H10ClF3O4. The highest BCUT2D eigenvalue weighted by Crippen LogP contribution is 2.40. The standard InChI is InChI=1S/C7H10ClF3O4/c1-14-6(15-2,7(9,10)11)4(8)3-5(12)13/h4H,3H2,1-2H3,(H,12,13). The van der Waals surface area contributed by atoms with Gasteiger partial charge >= 0.3 is 12.1 Å². The summed E-state index contributed by atoms with van der Waals surface area (Å²) in [6.07, 6.45) is -5.85. The number of ether oxygens (including phenoxy) is 2. The van der Waals surface area contributed by atoms with Crippen molar-refractivity contribution in [3.05, 3.63) is 0 Å². The predicted molar refractivity (Wildman–Crippen MR) is 44.7 cm³/mol. The topological polar surface area (TPSA) is 55.8 Å². The van der Waals surface area contributed by atoms with Gasteiger partial charge in [-0.2, -0.15) is 13.2 Å². The smallest absolute Gasteiger partial charge is 0.444 e. The van der Waals surface area contributed by atoms with Crippen LogP contribution < -0.4 is 0 Å². The zero-order chi connectivity index (χ0) is 12.3. The molecular weight excluding hydrogens is 241 g/mol. The van der Waals surface area contributed by atoms with Crippen molar-refractivity contribution in [1.29, 1.82) is 0 Å². The third kappa shape index (κ3) is 2.96. The minimum atomic E-state index is -4.92. The van der Waals surface area contributed by atoms with E-state index < -0.39 is 29.7 Å². The summed E-state index contributed by atoms with van der Waals surface area (Å²) < 4.78 is 46.0. The molecule has 0 heterocycles. The molecule has 0 radical (unpaired) electrons. The van der Waals surface area contributed by atoms with Gasteiger partial charge in [0.1, 0.15) is 5.38 Å². The molecule has 1 unspecified atom stereocenters. The Hall–Kier alpha value is -0.530. The van der Waals surface area contributed by atoms with E-state index in [2.05, 4.69) is 9.47 Å². The molecule has 0 aromatic heterocycles. The monoisotopic (exact) mass is 250 g/mol. The van der Waals surface area contributed by atoms with Crippen LogP contribution in [0.5, 0.6) is 0 Å². The van der Waals surface area contributed by atoms with Crippen molar-refractivity contribution in [1.82, 2.24) is 0 Å². The van der Waals surface area contributed by atoms with Crippen molar-refractivity contribution < 1.29 is 32.5 Å². The maximum atomic E-state index is 12.5. The number of carboxylic acid groups (broad SMARTS) is 1. The van der Waals surface area contributed by atoms with Crippen LogP contribution in [0.2, 0.25) is 0 Å². The molecule has 4 nitrogen and oxygen atoms in total. The van der Waals surface area contributed by atoms with E-state index in [1.165, 1.54) is 0 Å². The zero-order valence-electron chi connectivity index (χ0n) is 7.97. The minimum Gasteiger partial charge on any atom is -0.481 e. The molecule has 0 amide bonds. The van der Waals surface area contributed by atoms with E-state index in [0.717, 1.165) is 14.2 Å². The van der Waals surface area contributed by atoms with E-state index >= 15 is 0 Å². The van der Waals surface area contributed by atoms with Crippen molar-refractivity contribution in [3.8, 4) is 0 Å². The maximum absolute atomic E-state index is 12.5. The summed E-state index contributed by atoms with van der Waals surface area (Å²) >= 11 is 5.33. The predicted octanol–water partition coefficient (Wildman–Crippen LogP) is 1.62. The van der Waals surface area contributed by atoms with E-state index in [4.69, 9.17) is 16.7 Å². The molecule has 0 aliphatic rings. The fourth-order valence-electron chi connectivity index (χ4n) is 1.04. The fourth-order valence-corrected chi connectivity index (χ4v) is 1.47. The van der Waals surface area contributed by atoms with Crippen LogP contribution in [0.4, 0.5) is 13.2 Å². The van der Waals surface area contributed by atoms with Gasteiger partial charge in [-0.05, 0) is 0 Å². The first-order valence-electron chi connectivity index (χ1n) is 3.74. The molecule has 0 spiro atoms. The second-order valence-corrected chi connectivity index (χ2v) is 3.17. The van der Waals surface area contributed by atoms with Crippen molar-refractivity contribution in [3.63, 3.8) is 0 Å². The SMILES string of the molecule is COC(OC)(C(Cl)CC(=O)O)C(F)(F)F. The van der Waals surface area contributed by atoms with Gasteiger partial charge in [-0.3, -0.25) is 4.79 Å². The number of rotatable bonds is 5. The first-order valence-corrected chi connectivity index (χ1v) is 4.17. The second-order valence-electron chi connectivity index (χ2n) is 2.64. The Labute approximate surface area is 88.9 Å². The van der Waals surface area contributed by atoms with E-state index in [0.29, 0.717) is 0 Å². The van der Waals surface area contributed by atoms with Crippen LogP contribution in [-0.2, 0) is 14.3 Å². The number of carbonyl (C=O) groups is 1. The summed E-state index contributed by atoms with van der Waals surface area (Å²) in [5.74, 6) is -4.58. The molecule has 0 aliphatic carbocycles. The highest BCUT2D eigenvalue weighted by Gasteiger charge is 2.61. The number of carboxylic acids is 1. The molecule has 15 heavy (non-hydrogen) atoms. The lowest BCUT2D eigenvalue weighted by atomic mass is 10.1. The molecule has 90 valence electrons. The Morgan fingerprint density at radius 2 is 1.80 bits per heavy atom. The molecule has 0 saturated carbocycles. The lowest BCUT2D eigenvalue weighted by molar-refractivity contribution is -0.366. The van der Waals surface area contributed by atoms with Crippen molar-refractivity contribution in [2.75, 3.05) is 14.2 Å². The quantitative estimate of drug-likeness (QED) is 0.595. The summed E-state index contributed by atoms with van der Waals surface area (Å²) in [5, 5.41) is 6.47. The van der Waals surface area contributed by atoms with E-state index in [-0.39, 0.29) is 0 Å². The van der Waals surface area contributed by atoms with Gasteiger partial charge in [0, 0.05) is 14.2 Å². The number of aliphatic carboxylic acids is 1. The Kier molecular flexibility index (Phi) is 4.82. The zero-order valence-corrected chi connectivity index (χ0v) is 8.72. The van der Waals surface area contributed by atoms with Gasteiger partial charge in [-0.25, -0.2) is 0 Å². The number of alkyl halides is 4. The molecule has 0 bridgehead atoms. The average Bonchev–Trinajstić information content (AvgIpc) is 2.02. The third-order valence-corrected chi connectivity index (χ3v) is 2.21. The Balaban J connectivity index is 5.01. The van der Waals surface area contributed by atoms with Crippen LogP contribution in [0.15, 0.2) is 0 Å². The fraction of sp³-hybridized carbons (Fsp3) is 0.857. The summed E-state index contributed by atoms with van der Waals surface area (Å²) in [6.45, 7) is 0. The molecule has 0 aliphatic heterocycles. The maximum Gasteiger partial charge on any atom is 0.444 e. The largest absolute Gasteiger partial charge is 0.481 e. The summed E-state index contributed by atoms with van der Waals surface area (Å²) in [6, 6.07) is 0. The second kappa shape index (κ2) is 5.00. The number of halogens is 4. The first kappa shape index (κ1) is 14.5. The van der Waals surface area contributed by atoms with Crippen LogP contribution in [0, 0.1) is 0 Å². The van der Waals surface area contributed by atoms with Crippen LogP contribution >= 0.6 is 11.6 Å². The van der Waals surface area contributed by atoms with Crippen LogP contribution in [0.3, 0.4) is 0 Å². The molecule has 0 saturated heterocycles. The minimum absolute atomic E-state index is 0.744. The number of methoxy groups -OCH3 is 2. The van der Waals surface area contributed by atoms with Crippen LogP contribution in [-0.4, -0.2) is 42.6 Å². The molecule has 0 fully saturated rings. The van der Waals surface area contributed by atoms with Gasteiger partial charge in [0.2, 0.25) is 0 Å². The van der Waals surface area contributed by atoms with Gasteiger partial charge in [0.15, 0.2) is 0 Å². The first-order chi connectivity index (χ1) is 6.71. The Bertz CT molecular complexity index is 227. The molecule has 8 heteroatoms. The molecule has 0 aromatic rings. The van der Waals surface area contributed by atoms with E-state index in [1.54, 1.807) is 0 Å². The Morgan fingerprint density at radius 1 is 1.40 bits per heavy atom. The molecule has 0 aromatic carbocycles. The molecule has 1 atom stereocenters. The lowest BCUT2D eigenvalue weighted by Gasteiger charge is -2.35. The van der Waals surface area contributed by atoms with Gasteiger partial charge in [0.05, 0.1) is 6.42 Å². The normalized spacial score (nSPS) is 15.1. The number of hydrogen-bond donors (Lipinski definition) is 1. The molecule has 0 rings (SSSR count). The van der Waals surface area contributed by atoms with Crippen LogP contribution in [0.1, 0.15) is 6.42 Å². The van der Waals surface area contributed by atoms with Crippen molar-refractivity contribution in [2.24, 2.45) is 0 Å². The van der Waals surface area contributed by atoms with Gasteiger partial charge in [-0.1, -0.05) is 0 Å². The third-order valence-electron chi connectivity index (χ3n) is 1.77. The van der Waals surface area contributed by atoms with Gasteiger partial charge < -0.3 is 14.6 Å². The lowest BCUT2D eigenvalue weighted by Crippen LogP contribution is -2.56. The summed E-state index contributed by atoms with van der Waals surface area (Å²) in [5.41, 5.74) is 0. The average molecular weight is 251 g/mol. The van der Waals surface area contributed by atoms with Crippen molar-refractivity contribution >= 4 is 17.6 Å². The van der Waals surface area contributed by atoms with E-state index in [9.17, 15) is 18.0 Å². The highest BCUT2D eigenvalue weighted by atomic mass is 35.5. The van der Waals surface area contributed by atoms with Crippen molar-refractivity contribution in [2.45, 2.75) is 23.8 Å². The van der Waals surface area contributed by atoms with Crippen LogP contribution in [0.25, 0.3) is 0 Å². The molecule has 1 N–H and O–H groups in total. The van der Waals surface area contributed by atoms with E-state index in [1.807, 2.05) is 0 Å². The van der Waals surface area contributed by atoms with Gasteiger partial charge in [0.25, 0.3) is 5.79 Å². The number of hydrogen-bond acceptors (Lipinski definition) is 3. The summed E-state index contributed by atoms with van der Waals surface area (Å²) in [7, 11) is 1.49. The van der Waals surface area contributed by atoms with Gasteiger partial charge in [-0.15, -0.1) is 11.6 Å². The highest BCUT2D eigenvalue weighted by molar-refractivity contribution is 6.22. The Morgan fingerprint density at radius 3 is 2.00 bits per heavy atom. The summed E-state index contributed by atoms with van der Waals surface area (Å²) in [4.78, 5) is 10.3.